The van der Waals surface area contributed by atoms with E-state index < -0.39 is 0 Å². The highest BCUT2D eigenvalue weighted by atomic mass is 16.5. The van der Waals surface area contributed by atoms with Crippen LogP contribution in [-0.4, -0.2) is 30.4 Å². The number of H-pyrrole nitrogens is 1. The predicted molar refractivity (Wildman–Crippen MR) is 99.4 cm³/mol. The molecule has 1 heterocycles. The lowest BCUT2D eigenvalue weighted by Gasteiger charge is -2.13. The smallest absolute Gasteiger partial charge is 0.319 e. The van der Waals surface area contributed by atoms with E-state index in [1.54, 1.807) is 20.4 Å². The molecule has 134 valence electrons. The maximum absolute atomic E-state index is 12.1. The molecule has 0 saturated heterocycles. The van der Waals surface area contributed by atoms with Crippen LogP contribution in [0.15, 0.2) is 54.9 Å². The van der Waals surface area contributed by atoms with Crippen LogP contribution < -0.4 is 20.1 Å². The highest BCUT2D eigenvalue weighted by Gasteiger charge is 2.10. The number of nitrogens with one attached hydrogen (secondary N) is 3. The van der Waals surface area contributed by atoms with Gasteiger partial charge in [-0.3, -0.25) is 5.10 Å². The lowest BCUT2D eigenvalue weighted by atomic mass is 10.1. The second kappa shape index (κ2) is 8.06. The summed E-state index contributed by atoms with van der Waals surface area (Å²) >= 11 is 0. The van der Waals surface area contributed by atoms with E-state index in [1.165, 1.54) is 0 Å². The number of urea groups is 1. The molecule has 3 N–H and O–H groups in total. The number of hydrogen-bond donors (Lipinski definition) is 3. The highest BCUT2D eigenvalue weighted by Crippen LogP contribution is 2.30. The number of anilines is 1. The van der Waals surface area contributed by atoms with Gasteiger partial charge in [0.25, 0.3) is 0 Å². The van der Waals surface area contributed by atoms with Crippen LogP contribution in [0.1, 0.15) is 5.56 Å². The number of nitrogens with zero attached hydrogens (tertiary/aromatic N) is 1. The van der Waals surface area contributed by atoms with Gasteiger partial charge >= 0.3 is 6.03 Å². The van der Waals surface area contributed by atoms with Crippen LogP contribution in [-0.2, 0) is 6.54 Å². The summed E-state index contributed by atoms with van der Waals surface area (Å²) < 4.78 is 10.6. The average molecular weight is 352 g/mol. The number of rotatable bonds is 6. The van der Waals surface area contributed by atoms with Gasteiger partial charge in [-0.1, -0.05) is 24.3 Å². The Morgan fingerprint density at radius 3 is 2.54 bits per heavy atom. The summed E-state index contributed by atoms with van der Waals surface area (Å²) in [6.45, 7) is 0.319. The molecule has 3 aromatic rings. The van der Waals surface area contributed by atoms with E-state index in [2.05, 4.69) is 20.8 Å². The van der Waals surface area contributed by atoms with Crippen molar-refractivity contribution < 1.29 is 14.3 Å². The Labute approximate surface area is 151 Å². The van der Waals surface area contributed by atoms with Crippen molar-refractivity contribution in [3.8, 4) is 22.6 Å². The third-order valence-electron chi connectivity index (χ3n) is 3.90. The molecule has 0 saturated carbocycles. The number of para-hydroxylation sites is 1. The maximum Gasteiger partial charge on any atom is 0.319 e. The molecule has 2 aromatic carbocycles. The summed E-state index contributed by atoms with van der Waals surface area (Å²) in [5.74, 6) is 1.24. The average Bonchev–Trinajstić information content (AvgIpc) is 3.21. The van der Waals surface area contributed by atoms with E-state index in [-0.39, 0.29) is 6.03 Å². The van der Waals surface area contributed by atoms with Gasteiger partial charge < -0.3 is 20.1 Å². The van der Waals surface area contributed by atoms with Crippen molar-refractivity contribution in [2.24, 2.45) is 0 Å². The molecule has 0 spiro atoms. The fraction of sp³-hybridized carbons (Fsp3) is 0.158. The fourth-order valence-electron chi connectivity index (χ4n) is 2.60. The molecule has 0 fully saturated rings. The van der Waals surface area contributed by atoms with Gasteiger partial charge in [0.2, 0.25) is 0 Å². The van der Waals surface area contributed by atoms with Gasteiger partial charge in [-0.15, -0.1) is 0 Å². The minimum absolute atomic E-state index is 0.300. The first-order valence-electron chi connectivity index (χ1n) is 8.05. The van der Waals surface area contributed by atoms with Crippen LogP contribution in [0.3, 0.4) is 0 Å². The number of aromatic nitrogens is 2. The van der Waals surface area contributed by atoms with Gasteiger partial charge in [0, 0.05) is 29.6 Å². The zero-order valence-electron chi connectivity index (χ0n) is 14.6. The van der Waals surface area contributed by atoms with Gasteiger partial charge in [0.05, 0.1) is 20.4 Å². The van der Waals surface area contributed by atoms with E-state index in [9.17, 15) is 4.79 Å². The lowest BCUT2D eigenvalue weighted by molar-refractivity contribution is 0.251. The third kappa shape index (κ3) is 3.94. The summed E-state index contributed by atoms with van der Waals surface area (Å²) in [5.41, 5.74) is 3.54. The zero-order chi connectivity index (χ0) is 18.4. The molecule has 0 bridgehead atoms. The molecule has 7 heteroatoms. The van der Waals surface area contributed by atoms with E-state index in [4.69, 9.17) is 9.47 Å². The summed E-state index contributed by atoms with van der Waals surface area (Å²) in [5, 5.41) is 12.3. The minimum atomic E-state index is -0.300. The van der Waals surface area contributed by atoms with Crippen molar-refractivity contribution >= 4 is 11.7 Å². The molecular weight excluding hydrogens is 332 g/mol. The molecule has 0 unspecified atom stereocenters. The Morgan fingerprint density at radius 2 is 1.88 bits per heavy atom. The molecule has 0 aliphatic heterocycles. The lowest BCUT2D eigenvalue weighted by Crippen LogP contribution is -2.28. The normalized spacial score (nSPS) is 10.2. The van der Waals surface area contributed by atoms with Crippen molar-refractivity contribution in [3.63, 3.8) is 0 Å². The first kappa shape index (κ1) is 17.3. The van der Waals surface area contributed by atoms with Crippen molar-refractivity contribution in [2.45, 2.75) is 6.54 Å². The fourth-order valence-corrected chi connectivity index (χ4v) is 2.60. The SMILES string of the molecule is COc1cccc(CNC(=O)Nc2ccc(-c3cn[nH]c3)cc2)c1OC. The number of methoxy groups -OCH3 is 2. The number of hydrogen-bond acceptors (Lipinski definition) is 4. The van der Waals surface area contributed by atoms with Crippen molar-refractivity contribution in [2.75, 3.05) is 19.5 Å². The Bertz CT molecular complexity index is 861. The van der Waals surface area contributed by atoms with Gasteiger partial charge in [-0.25, -0.2) is 4.79 Å². The molecule has 0 radical (unpaired) electrons. The largest absolute Gasteiger partial charge is 0.493 e. The van der Waals surface area contributed by atoms with Crippen LogP contribution in [0, 0.1) is 0 Å². The monoisotopic (exact) mass is 352 g/mol. The molecule has 1 aromatic heterocycles. The Kier molecular flexibility index (Phi) is 5.38. The molecule has 2 amide bonds. The minimum Gasteiger partial charge on any atom is -0.493 e. The first-order chi connectivity index (χ1) is 12.7. The van der Waals surface area contributed by atoms with Gasteiger partial charge in [0.1, 0.15) is 0 Å². The van der Waals surface area contributed by atoms with Crippen LogP contribution in [0.4, 0.5) is 10.5 Å². The second-order valence-electron chi connectivity index (χ2n) is 5.52. The van der Waals surface area contributed by atoms with Crippen LogP contribution in [0.25, 0.3) is 11.1 Å². The number of amides is 2. The topological polar surface area (TPSA) is 88.3 Å². The standard InChI is InChI=1S/C19H20N4O3/c1-25-17-5-3-4-14(18(17)26-2)10-20-19(24)23-16-8-6-13(7-9-16)15-11-21-22-12-15/h3-9,11-12H,10H2,1-2H3,(H,21,22)(H2,20,23,24). The molecule has 26 heavy (non-hydrogen) atoms. The summed E-state index contributed by atoms with van der Waals surface area (Å²) in [6, 6.07) is 12.8. The molecule has 3 rings (SSSR count). The van der Waals surface area contributed by atoms with Gasteiger partial charge in [-0.2, -0.15) is 5.10 Å². The van der Waals surface area contributed by atoms with Crippen molar-refractivity contribution in [3.05, 3.63) is 60.4 Å². The van der Waals surface area contributed by atoms with E-state index >= 15 is 0 Å². The Morgan fingerprint density at radius 1 is 1.08 bits per heavy atom. The van der Waals surface area contributed by atoms with E-state index in [1.807, 2.05) is 48.7 Å². The summed E-state index contributed by atoms with van der Waals surface area (Å²) in [6.07, 6.45) is 3.56. The van der Waals surface area contributed by atoms with Crippen LogP contribution in [0.2, 0.25) is 0 Å². The van der Waals surface area contributed by atoms with Crippen molar-refractivity contribution in [1.82, 2.24) is 15.5 Å². The summed E-state index contributed by atoms with van der Waals surface area (Å²) in [4.78, 5) is 12.1. The maximum atomic E-state index is 12.1. The van der Waals surface area contributed by atoms with Gasteiger partial charge in [0.15, 0.2) is 11.5 Å². The number of aromatic amines is 1. The number of carbonyl (C=O) groups excluding carboxylic acids is 1. The summed E-state index contributed by atoms with van der Waals surface area (Å²) in [7, 11) is 3.15. The molecular formula is C19H20N4O3. The Balaban J connectivity index is 1.59. The number of carbonyl (C=O) groups is 1. The number of ether oxygens (including phenoxy) is 2. The first-order valence-corrected chi connectivity index (χ1v) is 8.05. The molecule has 0 aliphatic rings. The van der Waals surface area contributed by atoms with Crippen LogP contribution >= 0.6 is 0 Å². The van der Waals surface area contributed by atoms with Gasteiger partial charge in [-0.05, 0) is 23.8 Å². The van der Waals surface area contributed by atoms with E-state index in [0.29, 0.717) is 23.7 Å². The zero-order valence-corrected chi connectivity index (χ0v) is 14.6. The molecule has 0 aliphatic carbocycles. The quantitative estimate of drug-likeness (QED) is 0.634. The number of benzene rings is 2. The predicted octanol–water partition coefficient (Wildman–Crippen LogP) is 3.42. The van der Waals surface area contributed by atoms with E-state index in [0.717, 1.165) is 16.7 Å². The second-order valence-corrected chi connectivity index (χ2v) is 5.52. The van der Waals surface area contributed by atoms with Crippen molar-refractivity contribution in [1.29, 1.82) is 0 Å². The Hall–Kier alpha value is -3.48. The highest BCUT2D eigenvalue weighted by molar-refractivity contribution is 5.89. The van der Waals surface area contributed by atoms with Crippen LogP contribution in [0.5, 0.6) is 11.5 Å². The third-order valence-corrected chi connectivity index (χ3v) is 3.90. The molecule has 7 nitrogen and oxygen atoms in total. The molecule has 0 atom stereocenters.